The zero-order valence-corrected chi connectivity index (χ0v) is 16.5. The maximum Gasteiger partial charge on any atom is 0.573 e. The number of benzene rings is 3. The standard InChI is InChI=1S/C25H25F3O/c1-2-3-4-19-7-13-22(14-8-19)23-15-9-20(10-16-23)5-6-21-11-17-24(18-12-21)29-25(26,27)28/h7-18H,2-6H2,1H3. The lowest BCUT2D eigenvalue weighted by Crippen LogP contribution is -2.17. The molecular weight excluding hydrogens is 373 g/mol. The highest BCUT2D eigenvalue weighted by atomic mass is 19.4. The minimum Gasteiger partial charge on any atom is -0.406 e. The quantitative estimate of drug-likeness (QED) is 0.385. The maximum absolute atomic E-state index is 12.2. The summed E-state index contributed by atoms with van der Waals surface area (Å²) in [5, 5.41) is 0. The summed E-state index contributed by atoms with van der Waals surface area (Å²) in [5.41, 5.74) is 5.94. The van der Waals surface area contributed by atoms with Crippen LogP contribution in [-0.4, -0.2) is 6.36 Å². The van der Waals surface area contributed by atoms with Gasteiger partial charge in [0.1, 0.15) is 5.75 Å². The number of alkyl halides is 3. The largest absolute Gasteiger partial charge is 0.573 e. The molecule has 29 heavy (non-hydrogen) atoms. The van der Waals surface area contributed by atoms with Crippen LogP contribution in [0.3, 0.4) is 0 Å². The van der Waals surface area contributed by atoms with E-state index in [2.05, 4.69) is 60.2 Å². The van der Waals surface area contributed by atoms with Crippen LogP contribution in [0.5, 0.6) is 5.75 Å². The Labute approximate surface area is 170 Å². The van der Waals surface area contributed by atoms with Gasteiger partial charge in [0.25, 0.3) is 0 Å². The lowest BCUT2D eigenvalue weighted by atomic mass is 9.99. The second kappa shape index (κ2) is 9.64. The van der Waals surface area contributed by atoms with Crippen molar-refractivity contribution in [3.8, 4) is 16.9 Å². The summed E-state index contributed by atoms with van der Waals surface area (Å²) in [6.45, 7) is 2.20. The second-order valence-electron chi connectivity index (χ2n) is 7.19. The summed E-state index contributed by atoms with van der Waals surface area (Å²) in [7, 11) is 0. The highest BCUT2D eigenvalue weighted by Gasteiger charge is 2.30. The minimum absolute atomic E-state index is 0.189. The van der Waals surface area contributed by atoms with Crippen molar-refractivity contribution in [1.82, 2.24) is 0 Å². The fourth-order valence-electron chi connectivity index (χ4n) is 3.26. The molecule has 0 heterocycles. The molecule has 0 spiro atoms. The first-order valence-electron chi connectivity index (χ1n) is 9.96. The van der Waals surface area contributed by atoms with Crippen LogP contribution < -0.4 is 4.74 Å². The highest BCUT2D eigenvalue weighted by Crippen LogP contribution is 2.24. The highest BCUT2D eigenvalue weighted by molar-refractivity contribution is 5.64. The van der Waals surface area contributed by atoms with Crippen LogP contribution >= 0.6 is 0 Å². The smallest absolute Gasteiger partial charge is 0.406 e. The van der Waals surface area contributed by atoms with Crippen molar-refractivity contribution >= 4 is 0 Å². The maximum atomic E-state index is 12.2. The number of aryl methyl sites for hydroxylation is 3. The fraction of sp³-hybridized carbons (Fsp3) is 0.280. The Morgan fingerprint density at radius 3 is 1.45 bits per heavy atom. The first-order chi connectivity index (χ1) is 13.9. The van der Waals surface area contributed by atoms with Crippen molar-refractivity contribution in [2.45, 2.75) is 45.4 Å². The van der Waals surface area contributed by atoms with Gasteiger partial charge in [-0.2, -0.15) is 0 Å². The molecule has 0 radical (unpaired) electrons. The minimum atomic E-state index is -4.65. The van der Waals surface area contributed by atoms with Crippen molar-refractivity contribution in [3.05, 3.63) is 89.5 Å². The molecule has 0 amide bonds. The number of unbranched alkanes of at least 4 members (excludes halogenated alkanes) is 1. The molecule has 0 saturated heterocycles. The molecule has 4 heteroatoms. The molecule has 0 unspecified atom stereocenters. The zero-order chi connectivity index (χ0) is 20.7. The van der Waals surface area contributed by atoms with E-state index in [0.717, 1.165) is 24.8 Å². The Balaban J connectivity index is 1.55. The van der Waals surface area contributed by atoms with Crippen LogP contribution in [-0.2, 0) is 19.3 Å². The molecule has 1 nitrogen and oxygen atoms in total. The lowest BCUT2D eigenvalue weighted by molar-refractivity contribution is -0.274. The molecule has 0 aliphatic rings. The third-order valence-electron chi connectivity index (χ3n) is 4.92. The normalized spacial score (nSPS) is 11.4. The van der Waals surface area contributed by atoms with Crippen molar-refractivity contribution in [2.24, 2.45) is 0 Å². The third kappa shape index (κ3) is 6.67. The topological polar surface area (TPSA) is 9.23 Å². The summed E-state index contributed by atoms with van der Waals surface area (Å²) in [6, 6.07) is 23.3. The molecule has 0 saturated carbocycles. The number of hydrogen-bond donors (Lipinski definition) is 0. The summed E-state index contributed by atoms with van der Waals surface area (Å²) < 4.78 is 40.5. The number of halogens is 3. The van der Waals surface area contributed by atoms with E-state index in [9.17, 15) is 13.2 Å². The van der Waals surface area contributed by atoms with E-state index >= 15 is 0 Å². The summed E-state index contributed by atoms with van der Waals surface area (Å²) in [5.74, 6) is -0.189. The van der Waals surface area contributed by atoms with Gasteiger partial charge in [0.15, 0.2) is 0 Å². The van der Waals surface area contributed by atoms with E-state index in [4.69, 9.17) is 0 Å². The van der Waals surface area contributed by atoms with Gasteiger partial charge in [-0.05, 0) is 65.6 Å². The first kappa shape index (κ1) is 21.0. The molecule has 0 N–H and O–H groups in total. The van der Waals surface area contributed by atoms with E-state index < -0.39 is 6.36 Å². The Morgan fingerprint density at radius 2 is 1.03 bits per heavy atom. The number of ether oxygens (including phenoxy) is 1. The van der Waals surface area contributed by atoms with Gasteiger partial charge in [-0.3, -0.25) is 0 Å². The molecule has 0 aliphatic carbocycles. The molecule has 152 valence electrons. The zero-order valence-electron chi connectivity index (χ0n) is 16.5. The van der Waals surface area contributed by atoms with Gasteiger partial charge in [-0.25, -0.2) is 0 Å². The summed E-state index contributed by atoms with van der Waals surface area (Å²) in [6.07, 6.45) is 0.479. The molecule has 0 atom stereocenters. The van der Waals surface area contributed by atoms with Gasteiger partial charge in [-0.15, -0.1) is 13.2 Å². The van der Waals surface area contributed by atoms with Crippen LogP contribution in [0.1, 0.15) is 36.5 Å². The summed E-state index contributed by atoms with van der Waals surface area (Å²) in [4.78, 5) is 0. The SMILES string of the molecule is CCCCc1ccc(-c2ccc(CCc3ccc(OC(F)(F)F)cc3)cc2)cc1. The van der Waals surface area contributed by atoms with Crippen molar-refractivity contribution in [3.63, 3.8) is 0 Å². The number of rotatable bonds is 8. The van der Waals surface area contributed by atoms with E-state index in [-0.39, 0.29) is 5.75 Å². The Morgan fingerprint density at radius 1 is 0.621 bits per heavy atom. The van der Waals surface area contributed by atoms with E-state index in [0.29, 0.717) is 0 Å². The van der Waals surface area contributed by atoms with Crippen LogP contribution in [0.25, 0.3) is 11.1 Å². The van der Waals surface area contributed by atoms with E-state index in [1.807, 2.05) is 0 Å². The average molecular weight is 398 g/mol. The second-order valence-corrected chi connectivity index (χ2v) is 7.19. The molecule has 0 bridgehead atoms. The van der Waals surface area contributed by atoms with Gasteiger partial charge in [-0.1, -0.05) is 74.0 Å². The van der Waals surface area contributed by atoms with Crippen molar-refractivity contribution in [2.75, 3.05) is 0 Å². The van der Waals surface area contributed by atoms with Crippen LogP contribution in [0.4, 0.5) is 13.2 Å². The van der Waals surface area contributed by atoms with Gasteiger partial charge in [0.2, 0.25) is 0 Å². The molecule has 3 rings (SSSR count). The van der Waals surface area contributed by atoms with Crippen molar-refractivity contribution < 1.29 is 17.9 Å². The predicted octanol–water partition coefficient (Wildman–Crippen LogP) is 7.38. The fourth-order valence-corrected chi connectivity index (χ4v) is 3.26. The van der Waals surface area contributed by atoms with Crippen molar-refractivity contribution in [1.29, 1.82) is 0 Å². The Bertz CT molecular complexity index is 879. The molecule has 3 aromatic carbocycles. The van der Waals surface area contributed by atoms with Crippen LogP contribution in [0, 0.1) is 0 Å². The number of hydrogen-bond acceptors (Lipinski definition) is 1. The first-order valence-corrected chi connectivity index (χ1v) is 9.96. The Hall–Kier alpha value is -2.75. The predicted molar refractivity (Wildman–Crippen MR) is 111 cm³/mol. The lowest BCUT2D eigenvalue weighted by Gasteiger charge is -2.09. The molecule has 3 aromatic rings. The third-order valence-corrected chi connectivity index (χ3v) is 4.92. The van der Waals surface area contributed by atoms with Crippen LogP contribution in [0.15, 0.2) is 72.8 Å². The van der Waals surface area contributed by atoms with Gasteiger partial charge in [0.05, 0.1) is 0 Å². The monoisotopic (exact) mass is 398 g/mol. The van der Waals surface area contributed by atoms with E-state index in [1.54, 1.807) is 12.1 Å². The molecule has 0 fully saturated rings. The van der Waals surface area contributed by atoms with Crippen LogP contribution in [0.2, 0.25) is 0 Å². The average Bonchev–Trinajstić information content (AvgIpc) is 2.71. The van der Waals surface area contributed by atoms with Gasteiger partial charge < -0.3 is 4.74 Å². The summed E-state index contributed by atoms with van der Waals surface area (Å²) >= 11 is 0. The molecule has 0 aromatic heterocycles. The van der Waals surface area contributed by atoms with Gasteiger partial charge >= 0.3 is 6.36 Å². The molecule has 0 aliphatic heterocycles. The van der Waals surface area contributed by atoms with E-state index in [1.165, 1.54) is 47.2 Å². The Kier molecular flexibility index (Phi) is 6.97. The van der Waals surface area contributed by atoms with Gasteiger partial charge in [0, 0.05) is 0 Å². The molecular formula is C25H25F3O.